The third-order valence-corrected chi connectivity index (χ3v) is 3.39. The van der Waals surface area contributed by atoms with Crippen molar-refractivity contribution in [3.8, 4) is 0 Å². The topological polar surface area (TPSA) is 51.1 Å². The van der Waals surface area contributed by atoms with Crippen molar-refractivity contribution in [2.75, 3.05) is 39.8 Å². The number of likely N-dealkylation sites (N-methyl/N-ethyl adjacent to an activating group) is 1. The van der Waals surface area contributed by atoms with Crippen LogP contribution in [0.5, 0.6) is 0 Å². The number of nitrogens with one attached hydrogen (secondary N) is 1. The van der Waals surface area contributed by atoms with Crippen LogP contribution in [0.1, 0.15) is 27.2 Å². The number of guanidine groups is 1. The summed E-state index contributed by atoms with van der Waals surface area (Å²) < 4.78 is 0. The standard InChI is InChI=1S/C13H28N4O/c1-5-14-13(17-8-6-12(18)10-17)15-7-9-16(4)11(2)3/h11-12,18H,5-10H2,1-4H3,(H,14,15)/t12-/m1/s1. The Balaban J connectivity index is 2.45. The summed E-state index contributed by atoms with van der Waals surface area (Å²) in [4.78, 5) is 9.06. The zero-order valence-corrected chi connectivity index (χ0v) is 12.2. The molecule has 0 aromatic heterocycles. The van der Waals surface area contributed by atoms with Gasteiger partial charge in [-0.15, -0.1) is 0 Å². The van der Waals surface area contributed by atoms with Gasteiger partial charge in [-0.3, -0.25) is 4.99 Å². The molecule has 1 fully saturated rings. The molecule has 5 nitrogen and oxygen atoms in total. The quantitative estimate of drug-likeness (QED) is 0.551. The molecule has 2 N–H and O–H groups in total. The van der Waals surface area contributed by atoms with Gasteiger partial charge in [-0.2, -0.15) is 0 Å². The maximum Gasteiger partial charge on any atom is 0.194 e. The highest BCUT2D eigenvalue weighted by molar-refractivity contribution is 5.80. The number of hydrogen-bond donors (Lipinski definition) is 2. The maximum absolute atomic E-state index is 9.57. The molecule has 1 rings (SSSR count). The molecule has 0 saturated carbocycles. The monoisotopic (exact) mass is 256 g/mol. The smallest absolute Gasteiger partial charge is 0.194 e. The van der Waals surface area contributed by atoms with E-state index in [0.717, 1.165) is 38.6 Å². The lowest BCUT2D eigenvalue weighted by atomic mass is 10.3. The van der Waals surface area contributed by atoms with Crippen LogP contribution in [-0.2, 0) is 0 Å². The van der Waals surface area contributed by atoms with Crippen LogP contribution in [0.3, 0.4) is 0 Å². The molecule has 0 aromatic carbocycles. The van der Waals surface area contributed by atoms with E-state index in [4.69, 9.17) is 0 Å². The number of nitrogens with zero attached hydrogens (tertiary/aromatic N) is 3. The van der Waals surface area contributed by atoms with Gasteiger partial charge in [0.2, 0.25) is 0 Å². The third kappa shape index (κ3) is 4.82. The molecule has 0 spiro atoms. The van der Waals surface area contributed by atoms with Crippen molar-refractivity contribution in [1.29, 1.82) is 0 Å². The van der Waals surface area contributed by atoms with Gasteiger partial charge in [-0.05, 0) is 34.2 Å². The van der Waals surface area contributed by atoms with Crippen molar-refractivity contribution in [2.45, 2.75) is 39.3 Å². The molecule has 0 aliphatic carbocycles. The van der Waals surface area contributed by atoms with Crippen molar-refractivity contribution in [1.82, 2.24) is 15.1 Å². The summed E-state index contributed by atoms with van der Waals surface area (Å²) in [6.07, 6.45) is 0.642. The largest absolute Gasteiger partial charge is 0.391 e. The van der Waals surface area contributed by atoms with E-state index in [-0.39, 0.29) is 6.10 Å². The van der Waals surface area contributed by atoms with E-state index < -0.39 is 0 Å². The first-order valence-corrected chi connectivity index (χ1v) is 6.96. The number of likely N-dealkylation sites (tertiary alicyclic amines) is 1. The normalized spacial score (nSPS) is 21.2. The van der Waals surface area contributed by atoms with Gasteiger partial charge >= 0.3 is 0 Å². The highest BCUT2D eigenvalue weighted by atomic mass is 16.3. The summed E-state index contributed by atoms with van der Waals surface area (Å²) in [6, 6.07) is 0.552. The minimum atomic E-state index is -0.202. The Hall–Kier alpha value is -0.810. The molecule has 1 saturated heterocycles. The predicted molar refractivity (Wildman–Crippen MR) is 75.9 cm³/mol. The van der Waals surface area contributed by atoms with Crippen LogP contribution in [0.15, 0.2) is 4.99 Å². The maximum atomic E-state index is 9.57. The Bertz CT molecular complexity index is 268. The van der Waals surface area contributed by atoms with Gasteiger partial charge in [0.1, 0.15) is 0 Å². The zero-order chi connectivity index (χ0) is 13.5. The minimum Gasteiger partial charge on any atom is -0.391 e. The van der Waals surface area contributed by atoms with Crippen LogP contribution in [0.4, 0.5) is 0 Å². The van der Waals surface area contributed by atoms with Crippen molar-refractivity contribution < 1.29 is 5.11 Å². The Morgan fingerprint density at radius 1 is 1.56 bits per heavy atom. The van der Waals surface area contributed by atoms with Gasteiger partial charge in [-0.25, -0.2) is 0 Å². The van der Waals surface area contributed by atoms with E-state index in [2.05, 4.69) is 47.9 Å². The summed E-state index contributed by atoms with van der Waals surface area (Å²) >= 11 is 0. The highest BCUT2D eigenvalue weighted by Crippen LogP contribution is 2.08. The Morgan fingerprint density at radius 3 is 2.78 bits per heavy atom. The van der Waals surface area contributed by atoms with Crippen LogP contribution in [0.2, 0.25) is 0 Å². The van der Waals surface area contributed by atoms with Crippen molar-refractivity contribution >= 4 is 5.96 Å². The fourth-order valence-electron chi connectivity index (χ4n) is 1.93. The highest BCUT2D eigenvalue weighted by Gasteiger charge is 2.22. The second kappa shape index (κ2) is 7.59. The molecule has 18 heavy (non-hydrogen) atoms. The summed E-state index contributed by atoms with van der Waals surface area (Å²) in [5, 5.41) is 12.9. The first kappa shape index (κ1) is 15.2. The summed E-state index contributed by atoms with van der Waals surface area (Å²) in [5.74, 6) is 0.936. The SMILES string of the molecule is CCNC(=NCCN(C)C(C)C)N1CC[C@@H](O)C1. The Labute approximate surface area is 111 Å². The van der Waals surface area contributed by atoms with Crippen LogP contribution < -0.4 is 5.32 Å². The number of aliphatic imine (C=N–C) groups is 1. The van der Waals surface area contributed by atoms with Gasteiger partial charge < -0.3 is 20.2 Å². The zero-order valence-electron chi connectivity index (χ0n) is 12.2. The molecular weight excluding hydrogens is 228 g/mol. The van der Waals surface area contributed by atoms with Crippen LogP contribution in [0, 0.1) is 0 Å². The van der Waals surface area contributed by atoms with Crippen molar-refractivity contribution in [3.05, 3.63) is 0 Å². The molecule has 0 aromatic rings. The fourth-order valence-corrected chi connectivity index (χ4v) is 1.93. The van der Waals surface area contributed by atoms with E-state index in [1.165, 1.54) is 0 Å². The average Bonchev–Trinajstić information content (AvgIpc) is 2.74. The summed E-state index contributed by atoms with van der Waals surface area (Å²) in [5.41, 5.74) is 0. The first-order chi connectivity index (χ1) is 8.54. The lowest BCUT2D eigenvalue weighted by Crippen LogP contribution is -2.41. The van der Waals surface area contributed by atoms with Gasteiger partial charge in [-0.1, -0.05) is 0 Å². The molecule has 0 unspecified atom stereocenters. The molecular formula is C13H28N4O. The number of aliphatic hydroxyl groups excluding tert-OH is 1. The summed E-state index contributed by atoms with van der Waals surface area (Å²) in [7, 11) is 2.12. The number of rotatable bonds is 5. The van der Waals surface area contributed by atoms with Gasteiger partial charge in [0, 0.05) is 32.2 Å². The molecule has 1 atom stereocenters. The molecule has 1 aliphatic heterocycles. The molecule has 5 heteroatoms. The lowest BCUT2D eigenvalue weighted by molar-refractivity contribution is 0.187. The molecule has 106 valence electrons. The average molecular weight is 256 g/mol. The second-order valence-electron chi connectivity index (χ2n) is 5.20. The van der Waals surface area contributed by atoms with Crippen LogP contribution >= 0.6 is 0 Å². The van der Waals surface area contributed by atoms with Crippen molar-refractivity contribution in [3.63, 3.8) is 0 Å². The number of aliphatic hydroxyl groups is 1. The fraction of sp³-hybridized carbons (Fsp3) is 0.923. The lowest BCUT2D eigenvalue weighted by Gasteiger charge is -2.23. The van der Waals surface area contributed by atoms with Crippen LogP contribution in [0.25, 0.3) is 0 Å². The van der Waals surface area contributed by atoms with Gasteiger partial charge in [0.05, 0.1) is 12.6 Å². The van der Waals surface area contributed by atoms with Gasteiger partial charge in [0.15, 0.2) is 5.96 Å². The second-order valence-corrected chi connectivity index (χ2v) is 5.20. The molecule has 1 aliphatic rings. The third-order valence-electron chi connectivity index (χ3n) is 3.39. The number of β-amino-alcohol motifs (C(OH)–C–C–N with tert-alkyl or cyclic N) is 1. The predicted octanol–water partition coefficient (Wildman–Crippen LogP) is 0.359. The van der Waals surface area contributed by atoms with E-state index >= 15 is 0 Å². The van der Waals surface area contributed by atoms with E-state index in [9.17, 15) is 5.11 Å². The van der Waals surface area contributed by atoms with Crippen LogP contribution in [-0.4, -0.2) is 72.8 Å². The van der Waals surface area contributed by atoms with E-state index in [0.29, 0.717) is 12.6 Å². The van der Waals surface area contributed by atoms with Gasteiger partial charge in [0.25, 0.3) is 0 Å². The Kier molecular flexibility index (Phi) is 6.43. The van der Waals surface area contributed by atoms with E-state index in [1.54, 1.807) is 0 Å². The Morgan fingerprint density at radius 2 is 2.28 bits per heavy atom. The first-order valence-electron chi connectivity index (χ1n) is 6.96. The minimum absolute atomic E-state index is 0.202. The molecule has 0 radical (unpaired) electrons. The molecule has 0 amide bonds. The summed E-state index contributed by atoms with van der Waals surface area (Å²) in [6.45, 7) is 10.7. The van der Waals surface area contributed by atoms with E-state index in [1.807, 2.05) is 0 Å². The number of hydrogen-bond acceptors (Lipinski definition) is 3. The van der Waals surface area contributed by atoms with Crippen molar-refractivity contribution in [2.24, 2.45) is 4.99 Å². The molecule has 0 bridgehead atoms. The molecule has 1 heterocycles.